The minimum atomic E-state index is 0. The average Bonchev–Trinajstić information content (AvgIpc) is 2.71. The predicted octanol–water partition coefficient (Wildman–Crippen LogP) is 4.50. The third kappa shape index (κ3) is 8.06. The van der Waals surface area contributed by atoms with Gasteiger partial charge in [-0.1, -0.05) is 49.4 Å². The molecular weight excluding hydrogens is 465 g/mol. The second kappa shape index (κ2) is 14.2. The molecule has 2 aromatic carbocycles. The standard InChI is InChI=1S/C22H31N3O2.HI/c1-4-14-27-17-20-12-7-6-10-18(20)15-24-22(23-5-2)25-16-19-11-8-9-13-21(19)26-3;/h6-13H,4-5,14-17H2,1-3H3,(H2,23,24,25);1H. The number of aliphatic imine (C=N–C) groups is 1. The van der Waals surface area contributed by atoms with Crippen LogP contribution in [0.15, 0.2) is 53.5 Å². The Hall–Kier alpha value is -1.80. The van der Waals surface area contributed by atoms with Gasteiger partial charge in [-0.15, -0.1) is 24.0 Å². The molecule has 2 rings (SSSR count). The molecule has 0 unspecified atom stereocenters. The number of para-hydroxylation sites is 1. The molecule has 0 aliphatic rings. The molecule has 0 heterocycles. The van der Waals surface area contributed by atoms with E-state index in [1.165, 1.54) is 11.1 Å². The first kappa shape index (κ1) is 24.2. The summed E-state index contributed by atoms with van der Waals surface area (Å²) in [6, 6.07) is 16.3. The maximum absolute atomic E-state index is 5.71. The van der Waals surface area contributed by atoms with Gasteiger partial charge in [-0.25, -0.2) is 4.99 Å². The maximum atomic E-state index is 5.71. The van der Waals surface area contributed by atoms with Gasteiger partial charge in [0.05, 0.1) is 20.3 Å². The minimum Gasteiger partial charge on any atom is -0.496 e. The Bertz CT molecular complexity index is 722. The first-order chi connectivity index (χ1) is 13.3. The normalized spacial score (nSPS) is 10.9. The lowest BCUT2D eigenvalue weighted by Crippen LogP contribution is -2.37. The van der Waals surface area contributed by atoms with Crippen LogP contribution in [0.1, 0.15) is 37.0 Å². The summed E-state index contributed by atoms with van der Waals surface area (Å²) in [5.41, 5.74) is 3.49. The molecule has 0 amide bonds. The molecule has 0 bridgehead atoms. The molecule has 0 saturated carbocycles. The Morgan fingerprint density at radius 1 is 0.929 bits per heavy atom. The Morgan fingerprint density at radius 3 is 2.29 bits per heavy atom. The molecule has 6 heteroatoms. The van der Waals surface area contributed by atoms with E-state index in [9.17, 15) is 0 Å². The lowest BCUT2D eigenvalue weighted by molar-refractivity contribution is 0.121. The Kier molecular flexibility index (Phi) is 12.3. The van der Waals surface area contributed by atoms with Gasteiger partial charge in [0.1, 0.15) is 5.75 Å². The number of methoxy groups -OCH3 is 1. The van der Waals surface area contributed by atoms with Gasteiger partial charge in [-0.05, 0) is 30.5 Å². The van der Waals surface area contributed by atoms with Gasteiger partial charge < -0.3 is 20.1 Å². The maximum Gasteiger partial charge on any atom is 0.191 e. The summed E-state index contributed by atoms with van der Waals surface area (Å²) in [5, 5.41) is 6.72. The fourth-order valence-corrected chi connectivity index (χ4v) is 2.72. The predicted molar refractivity (Wildman–Crippen MR) is 126 cm³/mol. The summed E-state index contributed by atoms with van der Waals surface area (Å²) in [6.45, 7) is 7.66. The SMILES string of the molecule is CCCOCc1ccccc1CNC(=NCc1ccccc1OC)NCC.I. The van der Waals surface area contributed by atoms with Gasteiger partial charge in [0.25, 0.3) is 0 Å². The summed E-state index contributed by atoms with van der Waals surface area (Å²) in [7, 11) is 1.68. The van der Waals surface area contributed by atoms with Crippen LogP contribution in [0.25, 0.3) is 0 Å². The number of nitrogens with zero attached hydrogens (tertiary/aromatic N) is 1. The van der Waals surface area contributed by atoms with Crippen molar-refractivity contribution in [3.05, 3.63) is 65.2 Å². The molecular formula is C22H32IN3O2. The molecule has 2 aromatic rings. The van der Waals surface area contributed by atoms with Crippen molar-refractivity contribution in [2.45, 2.75) is 40.0 Å². The minimum absolute atomic E-state index is 0. The summed E-state index contributed by atoms with van der Waals surface area (Å²) in [4.78, 5) is 4.70. The molecule has 5 nitrogen and oxygen atoms in total. The Labute approximate surface area is 186 Å². The number of guanidine groups is 1. The van der Waals surface area contributed by atoms with Crippen LogP contribution in [0.3, 0.4) is 0 Å². The zero-order valence-electron chi connectivity index (χ0n) is 17.0. The monoisotopic (exact) mass is 497 g/mol. The summed E-state index contributed by atoms with van der Waals surface area (Å²) < 4.78 is 11.1. The van der Waals surface area contributed by atoms with Crippen molar-refractivity contribution in [3.8, 4) is 5.75 Å². The van der Waals surface area contributed by atoms with Crippen LogP contribution in [0.5, 0.6) is 5.75 Å². The third-order valence-corrected chi connectivity index (χ3v) is 4.11. The van der Waals surface area contributed by atoms with Crippen LogP contribution in [-0.2, 0) is 24.4 Å². The van der Waals surface area contributed by atoms with Crippen LogP contribution in [0, 0.1) is 0 Å². The van der Waals surface area contributed by atoms with Crippen molar-refractivity contribution in [2.75, 3.05) is 20.3 Å². The van der Waals surface area contributed by atoms with Gasteiger partial charge in [-0.2, -0.15) is 0 Å². The van der Waals surface area contributed by atoms with Crippen molar-refractivity contribution in [1.82, 2.24) is 10.6 Å². The lowest BCUT2D eigenvalue weighted by Gasteiger charge is -2.14. The Morgan fingerprint density at radius 2 is 1.61 bits per heavy atom. The third-order valence-electron chi connectivity index (χ3n) is 4.11. The van der Waals surface area contributed by atoms with Crippen LogP contribution in [0.4, 0.5) is 0 Å². The summed E-state index contributed by atoms with van der Waals surface area (Å²) >= 11 is 0. The number of hydrogen-bond acceptors (Lipinski definition) is 3. The van der Waals surface area contributed by atoms with E-state index in [1.807, 2.05) is 24.3 Å². The topological polar surface area (TPSA) is 54.9 Å². The highest BCUT2D eigenvalue weighted by Crippen LogP contribution is 2.18. The quantitative estimate of drug-likeness (QED) is 0.220. The molecule has 0 fully saturated rings. The van der Waals surface area contributed by atoms with E-state index < -0.39 is 0 Å². The highest BCUT2D eigenvalue weighted by atomic mass is 127. The van der Waals surface area contributed by atoms with Gasteiger partial charge in [0.2, 0.25) is 0 Å². The smallest absolute Gasteiger partial charge is 0.191 e. The van der Waals surface area contributed by atoms with Crippen molar-refractivity contribution < 1.29 is 9.47 Å². The molecule has 2 N–H and O–H groups in total. The molecule has 154 valence electrons. The molecule has 0 atom stereocenters. The fourth-order valence-electron chi connectivity index (χ4n) is 2.72. The molecule has 0 aliphatic carbocycles. The number of nitrogens with one attached hydrogen (secondary N) is 2. The van der Waals surface area contributed by atoms with Gasteiger partial charge in [0.15, 0.2) is 5.96 Å². The number of halogens is 1. The average molecular weight is 497 g/mol. The molecule has 0 aromatic heterocycles. The Balaban J connectivity index is 0.00000392. The van der Waals surface area contributed by atoms with Crippen molar-refractivity contribution in [2.24, 2.45) is 4.99 Å². The van der Waals surface area contributed by atoms with Crippen LogP contribution < -0.4 is 15.4 Å². The van der Waals surface area contributed by atoms with E-state index in [2.05, 4.69) is 48.7 Å². The lowest BCUT2D eigenvalue weighted by atomic mass is 10.1. The van der Waals surface area contributed by atoms with Crippen molar-refractivity contribution >= 4 is 29.9 Å². The molecule has 28 heavy (non-hydrogen) atoms. The highest BCUT2D eigenvalue weighted by Gasteiger charge is 2.05. The van der Waals surface area contributed by atoms with Crippen LogP contribution >= 0.6 is 24.0 Å². The second-order valence-electron chi connectivity index (χ2n) is 6.18. The van der Waals surface area contributed by atoms with E-state index in [1.54, 1.807) is 7.11 Å². The molecule has 0 spiro atoms. The van der Waals surface area contributed by atoms with E-state index in [0.29, 0.717) is 19.7 Å². The number of rotatable bonds is 10. The zero-order chi connectivity index (χ0) is 19.3. The molecule has 0 aliphatic heterocycles. The first-order valence-corrected chi connectivity index (χ1v) is 9.57. The van der Waals surface area contributed by atoms with E-state index >= 15 is 0 Å². The van der Waals surface area contributed by atoms with E-state index in [4.69, 9.17) is 14.5 Å². The highest BCUT2D eigenvalue weighted by molar-refractivity contribution is 14.0. The molecule has 0 saturated heterocycles. The number of benzene rings is 2. The van der Waals surface area contributed by atoms with E-state index in [-0.39, 0.29) is 24.0 Å². The number of ether oxygens (including phenoxy) is 2. The summed E-state index contributed by atoms with van der Waals surface area (Å²) in [5.74, 6) is 1.64. The molecule has 0 radical (unpaired) electrons. The summed E-state index contributed by atoms with van der Waals surface area (Å²) in [6.07, 6.45) is 1.03. The zero-order valence-corrected chi connectivity index (χ0v) is 19.4. The first-order valence-electron chi connectivity index (χ1n) is 9.57. The largest absolute Gasteiger partial charge is 0.496 e. The van der Waals surface area contributed by atoms with Crippen LogP contribution in [0.2, 0.25) is 0 Å². The second-order valence-corrected chi connectivity index (χ2v) is 6.18. The number of hydrogen-bond donors (Lipinski definition) is 2. The van der Waals surface area contributed by atoms with Crippen molar-refractivity contribution in [3.63, 3.8) is 0 Å². The van der Waals surface area contributed by atoms with Gasteiger partial charge >= 0.3 is 0 Å². The fraction of sp³-hybridized carbons (Fsp3) is 0.409. The van der Waals surface area contributed by atoms with Gasteiger partial charge in [-0.3, -0.25) is 0 Å². The van der Waals surface area contributed by atoms with E-state index in [0.717, 1.165) is 36.8 Å². The van der Waals surface area contributed by atoms with Crippen LogP contribution in [-0.4, -0.2) is 26.2 Å². The van der Waals surface area contributed by atoms with Gasteiger partial charge in [0, 0.05) is 25.3 Å². The van der Waals surface area contributed by atoms with Crippen molar-refractivity contribution in [1.29, 1.82) is 0 Å².